The van der Waals surface area contributed by atoms with Gasteiger partial charge in [-0.2, -0.15) is 13.2 Å². The van der Waals surface area contributed by atoms with Gasteiger partial charge in [-0.05, 0) is 25.5 Å². The van der Waals surface area contributed by atoms with Crippen LogP contribution in [0, 0.1) is 6.92 Å². The van der Waals surface area contributed by atoms with E-state index in [9.17, 15) is 18.0 Å². The molecule has 0 aliphatic heterocycles. The summed E-state index contributed by atoms with van der Waals surface area (Å²) in [5.74, 6) is -1.38. The van der Waals surface area contributed by atoms with Crippen molar-refractivity contribution in [1.82, 2.24) is 4.98 Å². The number of alkyl halides is 3. The Kier molecular flexibility index (Phi) is 4.52. The molecule has 0 amide bonds. The van der Waals surface area contributed by atoms with Crippen molar-refractivity contribution in [2.24, 2.45) is 0 Å². The van der Waals surface area contributed by atoms with Gasteiger partial charge < -0.3 is 9.84 Å². The normalized spacial score (nSPS) is 11.3. The van der Waals surface area contributed by atoms with Crippen LogP contribution in [0.15, 0.2) is 12.1 Å². The lowest BCUT2D eigenvalue weighted by molar-refractivity contribution is -0.136. The van der Waals surface area contributed by atoms with Gasteiger partial charge in [0.1, 0.15) is 5.56 Å². The monoisotopic (exact) mass is 263 g/mol. The highest BCUT2D eigenvalue weighted by Crippen LogP contribution is 2.22. The number of aromatic nitrogens is 1. The first kappa shape index (κ1) is 14.3. The highest BCUT2D eigenvalue weighted by molar-refractivity contribution is 5.90. The molecule has 4 nitrogen and oxygen atoms in total. The van der Waals surface area contributed by atoms with Crippen LogP contribution in [0.4, 0.5) is 13.2 Å². The molecule has 0 atom stereocenters. The zero-order valence-corrected chi connectivity index (χ0v) is 9.62. The van der Waals surface area contributed by atoms with Gasteiger partial charge in [-0.3, -0.25) is 0 Å². The number of nitrogens with zero attached hydrogens (tertiary/aromatic N) is 1. The lowest BCUT2D eigenvalue weighted by Crippen LogP contribution is -2.11. The van der Waals surface area contributed by atoms with Crippen LogP contribution in [0.1, 0.15) is 28.9 Å². The number of hydrogen-bond acceptors (Lipinski definition) is 3. The molecule has 0 bridgehead atoms. The minimum atomic E-state index is -4.24. The molecule has 18 heavy (non-hydrogen) atoms. The summed E-state index contributed by atoms with van der Waals surface area (Å²) >= 11 is 0. The highest BCUT2D eigenvalue weighted by atomic mass is 19.4. The molecule has 1 N–H and O–H groups in total. The predicted molar refractivity (Wildman–Crippen MR) is 56.7 cm³/mol. The van der Waals surface area contributed by atoms with E-state index in [4.69, 9.17) is 9.84 Å². The van der Waals surface area contributed by atoms with E-state index in [0.717, 1.165) is 0 Å². The summed E-state index contributed by atoms with van der Waals surface area (Å²) in [6.07, 6.45) is -5.45. The fourth-order valence-corrected chi connectivity index (χ4v) is 1.25. The van der Waals surface area contributed by atoms with Gasteiger partial charge in [0.25, 0.3) is 0 Å². The third-order valence-electron chi connectivity index (χ3n) is 2.07. The number of hydrogen-bond donors (Lipinski definition) is 1. The van der Waals surface area contributed by atoms with E-state index >= 15 is 0 Å². The van der Waals surface area contributed by atoms with Crippen molar-refractivity contribution in [2.75, 3.05) is 6.61 Å². The maximum absolute atomic E-state index is 11.9. The second-order valence-corrected chi connectivity index (χ2v) is 3.68. The van der Waals surface area contributed by atoms with E-state index in [1.54, 1.807) is 6.92 Å². The second-order valence-electron chi connectivity index (χ2n) is 3.68. The fraction of sp³-hybridized carbons (Fsp3) is 0.455. The van der Waals surface area contributed by atoms with Gasteiger partial charge in [0, 0.05) is 12.1 Å². The number of carboxylic acids is 1. The van der Waals surface area contributed by atoms with E-state index in [1.165, 1.54) is 12.1 Å². The largest absolute Gasteiger partial charge is 0.477 e. The molecule has 0 aliphatic carbocycles. The molecule has 1 aromatic rings. The van der Waals surface area contributed by atoms with Crippen LogP contribution >= 0.6 is 0 Å². The number of ether oxygens (including phenoxy) is 1. The number of rotatable bonds is 5. The Morgan fingerprint density at radius 3 is 2.67 bits per heavy atom. The average Bonchev–Trinajstić information content (AvgIpc) is 2.22. The number of aryl methyl sites for hydroxylation is 1. The van der Waals surface area contributed by atoms with Crippen LogP contribution in [0.2, 0.25) is 0 Å². The highest BCUT2D eigenvalue weighted by Gasteiger charge is 2.26. The number of pyridine rings is 1. The standard InChI is InChI=1S/C11H12F3NO3/c1-7-3-4-8(10(16)17)9(15-7)18-6-2-5-11(12,13)14/h3-4H,2,5-6H2,1H3,(H,16,17). The zero-order chi connectivity index (χ0) is 13.8. The van der Waals surface area contributed by atoms with Gasteiger partial charge in [0.2, 0.25) is 5.88 Å². The number of halogens is 3. The zero-order valence-electron chi connectivity index (χ0n) is 9.62. The maximum atomic E-state index is 11.9. The maximum Gasteiger partial charge on any atom is 0.389 e. The summed E-state index contributed by atoms with van der Waals surface area (Å²) in [5.41, 5.74) is 0.374. The van der Waals surface area contributed by atoms with Crippen molar-refractivity contribution >= 4 is 5.97 Å². The molecule has 7 heteroatoms. The minimum Gasteiger partial charge on any atom is -0.477 e. The van der Waals surface area contributed by atoms with Crippen molar-refractivity contribution in [3.8, 4) is 5.88 Å². The summed E-state index contributed by atoms with van der Waals surface area (Å²) in [6, 6.07) is 2.80. The van der Waals surface area contributed by atoms with E-state index in [-0.39, 0.29) is 24.5 Å². The molecule has 1 aromatic heterocycles. The third kappa shape index (κ3) is 4.60. The molecule has 0 radical (unpaired) electrons. The first-order valence-corrected chi connectivity index (χ1v) is 5.20. The number of carboxylic acid groups (broad SMARTS) is 1. The van der Waals surface area contributed by atoms with Gasteiger partial charge in [-0.25, -0.2) is 9.78 Å². The molecule has 1 heterocycles. The molecule has 0 saturated heterocycles. The summed E-state index contributed by atoms with van der Waals surface area (Å²) in [5, 5.41) is 8.84. The van der Waals surface area contributed by atoms with Crippen molar-refractivity contribution in [3.63, 3.8) is 0 Å². The molecular weight excluding hydrogens is 251 g/mol. The Labute approximate surface area is 101 Å². The minimum absolute atomic E-state index is 0.148. The topological polar surface area (TPSA) is 59.4 Å². The van der Waals surface area contributed by atoms with Gasteiger partial charge in [0.15, 0.2) is 0 Å². The fourth-order valence-electron chi connectivity index (χ4n) is 1.25. The lowest BCUT2D eigenvalue weighted by Gasteiger charge is -2.09. The summed E-state index contributed by atoms with van der Waals surface area (Å²) < 4.78 is 40.6. The molecule has 0 saturated carbocycles. The van der Waals surface area contributed by atoms with Crippen LogP contribution in [0.3, 0.4) is 0 Å². The molecular formula is C11H12F3NO3. The molecule has 0 fully saturated rings. The Morgan fingerprint density at radius 2 is 2.11 bits per heavy atom. The van der Waals surface area contributed by atoms with Crippen molar-refractivity contribution in [3.05, 3.63) is 23.4 Å². The SMILES string of the molecule is Cc1ccc(C(=O)O)c(OCCCC(F)(F)F)n1. The Hall–Kier alpha value is -1.79. The average molecular weight is 263 g/mol. The predicted octanol–water partition coefficient (Wildman–Crippen LogP) is 2.81. The summed E-state index contributed by atoms with van der Waals surface area (Å²) in [7, 11) is 0. The van der Waals surface area contributed by atoms with Crippen molar-refractivity contribution in [2.45, 2.75) is 25.9 Å². The van der Waals surface area contributed by atoms with Crippen LogP contribution < -0.4 is 4.74 Å². The molecule has 1 rings (SSSR count). The Balaban J connectivity index is 2.61. The van der Waals surface area contributed by atoms with Crippen LogP contribution in [0.5, 0.6) is 5.88 Å². The smallest absolute Gasteiger partial charge is 0.389 e. The first-order chi connectivity index (χ1) is 8.29. The van der Waals surface area contributed by atoms with Gasteiger partial charge in [-0.1, -0.05) is 0 Å². The lowest BCUT2D eigenvalue weighted by atomic mass is 10.2. The molecule has 0 aromatic carbocycles. The van der Waals surface area contributed by atoms with Crippen molar-refractivity contribution in [1.29, 1.82) is 0 Å². The summed E-state index contributed by atoms with van der Waals surface area (Å²) in [4.78, 5) is 14.7. The van der Waals surface area contributed by atoms with Gasteiger partial charge in [0.05, 0.1) is 6.61 Å². The molecule has 0 aliphatic rings. The Bertz CT molecular complexity index is 432. The summed E-state index contributed by atoms with van der Waals surface area (Å²) in [6.45, 7) is 1.41. The number of carbonyl (C=O) groups is 1. The van der Waals surface area contributed by atoms with Gasteiger partial charge >= 0.3 is 12.1 Å². The van der Waals surface area contributed by atoms with Gasteiger partial charge in [-0.15, -0.1) is 0 Å². The first-order valence-electron chi connectivity index (χ1n) is 5.20. The second kappa shape index (κ2) is 5.70. The van der Waals surface area contributed by atoms with Crippen LogP contribution in [-0.4, -0.2) is 28.8 Å². The van der Waals surface area contributed by atoms with E-state index < -0.39 is 18.6 Å². The Morgan fingerprint density at radius 1 is 1.44 bits per heavy atom. The third-order valence-corrected chi connectivity index (χ3v) is 2.07. The number of aromatic carboxylic acids is 1. The van der Waals surface area contributed by atoms with Crippen molar-refractivity contribution < 1.29 is 27.8 Å². The molecule has 100 valence electrons. The molecule has 0 unspecified atom stereocenters. The molecule has 0 spiro atoms. The van der Waals surface area contributed by atoms with E-state index in [2.05, 4.69) is 4.98 Å². The van der Waals surface area contributed by atoms with Crippen LogP contribution in [-0.2, 0) is 0 Å². The van der Waals surface area contributed by atoms with E-state index in [0.29, 0.717) is 5.69 Å². The van der Waals surface area contributed by atoms with Crippen LogP contribution in [0.25, 0.3) is 0 Å². The quantitative estimate of drug-likeness (QED) is 0.830. The van der Waals surface area contributed by atoms with E-state index in [1.807, 2.05) is 0 Å².